The van der Waals surface area contributed by atoms with E-state index in [1.807, 2.05) is 0 Å². The Hall–Kier alpha value is -1.15. The minimum Gasteiger partial charge on any atom is -0.394 e. The number of allylic oxidation sites excluding steroid dienone is 2. The third-order valence-corrected chi connectivity index (χ3v) is 12.1. The van der Waals surface area contributed by atoms with Gasteiger partial charge in [0.1, 0.15) is 36.6 Å². The second kappa shape index (κ2) is 38.5. The maximum Gasteiger partial charge on any atom is 0.249 e. The van der Waals surface area contributed by atoms with Crippen LogP contribution in [-0.2, 0) is 14.3 Å². The first-order valence-corrected chi connectivity index (χ1v) is 24.6. The fourth-order valence-electron chi connectivity index (χ4n) is 7.96. The number of amides is 1. The minimum absolute atomic E-state index is 0.248. The van der Waals surface area contributed by atoms with Crippen molar-refractivity contribution in [1.82, 2.24) is 5.32 Å². The molecule has 9 atom stereocenters. The van der Waals surface area contributed by atoms with Gasteiger partial charge in [-0.2, -0.15) is 0 Å². The van der Waals surface area contributed by atoms with Crippen molar-refractivity contribution in [2.75, 3.05) is 13.2 Å². The molecule has 0 aromatic carbocycles. The van der Waals surface area contributed by atoms with E-state index < -0.39 is 74.2 Å². The van der Waals surface area contributed by atoms with E-state index in [1.165, 1.54) is 128 Å². The molecule has 11 nitrogen and oxygen atoms in total. The molecule has 0 aliphatic carbocycles. The summed E-state index contributed by atoms with van der Waals surface area (Å²) in [6.07, 6.45) is 29.6. The molecular formula is C48H93NO10. The molecule has 1 saturated heterocycles. The lowest BCUT2D eigenvalue weighted by Crippen LogP contribution is -2.60. The topological polar surface area (TPSA) is 189 Å². The van der Waals surface area contributed by atoms with Gasteiger partial charge < -0.3 is 50.5 Å². The maximum atomic E-state index is 13.1. The molecule has 1 heterocycles. The second-order valence-corrected chi connectivity index (χ2v) is 17.5. The van der Waals surface area contributed by atoms with E-state index in [0.717, 1.165) is 51.4 Å². The first kappa shape index (κ1) is 55.9. The zero-order chi connectivity index (χ0) is 43.4. The van der Waals surface area contributed by atoms with E-state index in [2.05, 4.69) is 31.3 Å². The number of nitrogens with one attached hydrogen (secondary N) is 1. The number of carbonyl (C=O) groups excluding carboxylic acids is 1. The fraction of sp³-hybridized carbons (Fsp3) is 0.938. The Morgan fingerprint density at radius 2 is 0.983 bits per heavy atom. The number of hydrogen-bond acceptors (Lipinski definition) is 10. The van der Waals surface area contributed by atoms with Gasteiger partial charge in [-0.1, -0.05) is 193 Å². The lowest BCUT2D eigenvalue weighted by atomic mass is 9.98. The van der Waals surface area contributed by atoms with Crippen molar-refractivity contribution in [3.63, 3.8) is 0 Å². The molecule has 8 N–H and O–H groups in total. The molecule has 11 heteroatoms. The van der Waals surface area contributed by atoms with Crippen LogP contribution in [0, 0.1) is 0 Å². The van der Waals surface area contributed by atoms with Crippen molar-refractivity contribution in [3.8, 4) is 0 Å². The molecule has 0 aromatic rings. The molecule has 1 rings (SSSR count). The third-order valence-electron chi connectivity index (χ3n) is 12.1. The molecule has 350 valence electrons. The average Bonchev–Trinajstić information content (AvgIpc) is 3.23. The molecule has 0 spiro atoms. The third kappa shape index (κ3) is 28.2. The normalized spacial score (nSPS) is 21.8. The molecule has 1 aliphatic heterocycles. The highest BCUT2D eigenvalue weighted by molar-refractivity contribution is 5.80. The van der Waals surface area contributed by atoms with Gasteiger partial charge in [-0.25, -0.2) is 0 Å². The van der Waals surface area contributed by atoms with Crippen LogP contribution in [0.15, 0.2) is 12.2 Å². The summed E-state index contributed by atoms with van der Waals surface area (Å²) in [6.45, 7) is 3.44. The highest BCUT2D eigenvalue weighted by atomic mass is 16.7. The van der Waals surface area contributed by atoms with Crippen molar-refractivity contribution in [1.29, 1.82) is 0 Å². The maximum absolute atomic E-state index is 13.1. The van der Waals surface area contributed by atoms with Crippen LogP contribution >= 0.6 is 0 Å². The Morgan fingerprint density at radius 3 is 1.42 bits per heavy atom. The van der Waals surface area contributed by atoms with Crippen LogP contribution in [0.4, 0.5) is 0 Å². The Balaban J connectivity index is 2.43. The lowest BCUT2D eigenvalue weighted by molar-refractivity contribution is -0.303. The lowest BCUT2D eigenvalue weighted by Gasteiger charge is -2.40. The van der Waals surface area contributed by atoms with Crippen molar-refractivity contribution in [2.24, 2.45) is 0 Å². The standard InChI is InChI=1S/C48H93NO10/c1-3-5-7-9-11-13-15-17-19-20-22-23-25-27-29-31-33-35-40(51)43(53)39(38-58-48-46(56)45(55)44(54)42(37-50)59-48)49-47(57)41(52)36-34-32-30-28-26-24-21-18-16-14-12-10-8-6-4-2/h21,24,39-46,48,50-56H,3-20,22-23,25-38H2,1-2H3,(H,49,57)/b24-21-. The fourth-order valence-corrected chi connectivity index (χ4v) is 7.96. The molecule has 59 heavy (non-hydrogen) atoms. The molecule has 0 bridgehead atoms. The molecule has 0 aromatic heterocycles. The Kier molecular flexibility index (Phi) is 36.5. The minimum atomic E-state index is -1.66. The summed E-state index contributed by atoms with van der Waals surface area (Å²) < 4.78 is 11.1. The molecule has 9 unspecified atom stereocenters. The molecule has 0 radical (unpaired) electrons. The molecule has 1 amide bonds. The highest BCUT2D eigenvalue weighted by Crippen LogP contribution is 2.23. The summed E-state index contributed by atoms with van der Waals surface area (Å²) in [7, 11) is 0. The predicted octanol–water partition coefficient (Wildman–Crippen LogP) is 8.45. The molecule has 1 fully saturated rings. The van der Waals surface area contributed by atoms with E-state index >= 15 is 0 Å². The number of aliphatic hydroxyl groups excluding tert-OH is 7. The van der Waals surface area contributed by atoms with Gasteiger partial charge in [-0.05, 0) is 38.5 Å². The highest BCUT2D eigenvalue weighted by Gasteiger charge is 2.44. The quantitative estimate of drug-likeness (QED) is 0.0219. The first-order chi connectivity index (χ1) is 28.7. The molecular weight excluding hydrogens is 751 g/mol. The van der Waals surface area contributed by atoms with E-state index in [9.17, 15) is 40.5 Å². The first-order valence-electron chi connectivity index (χ1n) is 24.6. The van der Waals surface area contributed by atoms with Gasteiger partial charge in [0.25, 0.3) is 0 Å². The summed E-state index contributed by atoms with van der Waals surface area (Å²) in [6, 6.07) is -1.17. The van der Waals surface area contributed by atoms with Crippen LogP contribution in [0.3, 0.4) is 0 Å². The van der Waals surface area contributed by atoms with E-state index in [1.54, 1.807) is 0 Å². The summed E-state index contributed by atoms with van der Waals surface area (Å²) in [5.41, 5.74) is 0. The van der Waals surface area contributed by atoms with Crippen LogP contribution < -0.4 is 5.32 Å². The summed E-state index contributed by atoms with van der Waals surface area (Å²) in [4.78, 5) is 13.1. The Labute approximate surface area is 360 Å². The van der Waals surface area contributed by atoms with Crippen molar-refractivity contribution < 1.29 is 50.0 Å². The predicted molar refractivity (Wildman–Crippen MR) is 238 cm³/mol. The summed E-state index contributed by atoms with van der Waals surface area (Å²) >= 11 is 0. The number of aliphatic hydroxyl groups is 7. The van der Waals surface area contributed by atoms with Crippen LogP contribution in [0.5, 0.6) is 0 Å². The number of carbonyl (C=O) groups is 1. The van der Waals surface area contributed by atoms with Crippen molar-refractivity contribution >= 4 is 5.91 Å². The monoisotopic (exact) mass is 844 g/mol. The van der Waals surface area contributed by atoms with Gasteiger partial charge in [-0.15, -0.1) is 0 Å². The summed E-state index contributed by atoms with van der Waals surface area (Å²) in [5.74, 6) is -0.704. The average molecular weight is 844 g/mol. The molecule has 0 saturated carbocycles. The van der Waals surface area contributed by atoms with Crippen LogP contribution in [0.25, 0.3) is 0 Å². The van der Waals surface area contributed by atoms with E-state index in [4.69, 9.17) is 9.47 Å². The Morgan fingerprint density at radius 1 is 0.576 bits per heavy atom. The Bertz CT molecular complexity index is 970. The van der Waals surface area contributed by atoms with Crippen LogP contribution in [-0.4, -0.2) is 110 Å². The van der Waals surface area contributed by atoms with Gasteiger partial charge in [0.2, 0.25) is 5.91 Å². The number of rotatable bonds is 41. The van der Waals surface area contributed by atoms with Gasteiger partial charge in [0, 0.05) is 0 Å². The largest absolute Gasteiger partial charge is 0.394 e. The van der Waals surface area contributed by atoms with Crippen molar-refractivity contribution in [3.05, 3.63) is 12.2 Å². The zero-order valence-electron chi connectivity index (χ0n) is 37.7. The summed E-state index contributed by atoms with van der Waals surface area (Å²) in [5, 5.41) is 75.8. The molecule has 1 aliphatic rings. The second-order valence-electron chi connectivity index (χ2n) is 17.5. The number of ether oxygens (including phenoxy) is 2. The van der Waals surface area contributed by atoms with E-state index in [0.29, 0.717) is 19.3 Å². The van der Waals surface area contributed by atoms with Crippen LogP contribution in [0.2, 0.25) is 0 Å². The van der Waals surface area contributed by atoms with E-state index in [-0.39, 0.29) is 6.42 Å². The number of hydrogen-bond donors (Lipinski definition) is 8. The van der Waals surface area contributed by atoms with Gasteiger partial charge in [-0.3, -0.25) is 4.79 Å². The van der Waals surface area contributed by atoms with Crippen molar-refractivity contribution in [2.45, 2.75) is 274 Å². The number of unbranched alkanes of at least 4 members (excludes halogenated alkanes) is 27. The van der Waals surface area contributed by atoms with Gasteiger partial charge in [0.15, 0.2) is 6.29 Å². The van der Waals surface area contributed by atoms with Gasteiger partial charge >= 0.3 is 0 Å². The SMILES string of the molecule is CCCCCCCCC/C=C\CCCCCCC(O)C(=O)NC(COC1OC(CO)C(O)C(O)C1O)C(O)C(O)CCCCCCCCCCCCCCCCCCC. The van der Waals surface area contributed by atoms with Crippen LogP contribution in [0.1, 0.15) is 219 Å². The van der Waals surface area contributed by atoms with Gasteiger partial charge in [0.05, 0.1) is 25.4 Å². The zero-order valence-corrected chi connectivity index (χ0v) is 37.7. The smallest absolute Gasteiger partial charge is 0.249 e.